The lowest BCUT2D eigenvalue weighted by atomic mass is 9.95. The summed E-state index contributed by atoms with van der Waals surface area (Å²) in [6.07, 6.45) is 4.55. The van der Waals surface area contributed by atoms with Crippen molar-refractivity contribution in [1.82, 2.24) is 10.3 Å². The first-order valence-electron chi connectivity index (χ1n) is 8.13. The smallest absolute Gasteiger partial charge is 0.224 e. The van der Waals surface area contributed by atoms with Gasteiger partial charge in [0, 0.05) is 18.3 Å². The molecule has 126 valence electrons. The van der Waals surface area contributed by atoms with Gasteiger partial charge in [0.25, 0.3) is 0 Å². The molecule has 0 aliphatic carbocycles. The predicted octanol–water partition coefficient (Wildman–Crippen LogP) is 2.45. The Morgan fingerprint density at radius 1 is 1.25 bits per heavy atom. The Labute approximate surface area is 141 Å². The van der Waals surface area contributed by atoms with Crippen LogP contribution in [0.3, 0.4) is 0 Å². The molecule has 24 heavy (non-hydrogen) atoms. The summed E-state index contributed by atoms with van der Waals surface area (Å²) in [5.74, 6) is -0.139. The van der Waals surface area contributed by atoms with Gasteiger partial charge in [-0.1, -0.05) is 12.1 Å². The van der Waals surface area contributed by atoms with E-state index in [-0.39, 0.29) is 30.1 Å². The van der Waals surface area contributed by atoms with Crippen LogP contribution in [0.4, 0.5) is 4.39 Å². The zero-order valence-corrected chi connectivity index (χ0v) is 13.7. The lowest BCUT2D eigenvalue weighted by Crippen LogP contribution is -2.41. The molecular formula is C19H21FN2O2. The van der Waals surface area contributed by atoms with E-state index in [2.05, 4.69) is 10.3 Å². The van der Waals surface area contributed by atoms with Crippen LogP contribution in [0.25, 0.3) is 0 Å². The molecule has 0 saturated carbocycles. The average molecular weight is 328 g/mol. The number of hydrogen-bond acceptors (Lipinski definition) is 3. The van der Waals surface area contributed by atoms with E-state index in [4.69, 9.17) is 4.74 Å². The summed E-state index contributed by atoms with van der Waals surface area (Å²) in [4.78, 5) is 16.3. The van der Waals surface area contributed by atoms with Crippen LogP contribution < -0.4 is 5.32 Å². The quantitative estimate of drug-likeness (QED) is 0.917. The maximum absolute atomic E-state index is 13.6. The molecule has 1 aromatic carbocycles. The number of rotatable bonds is 5. The number of pyridine rings is 1. The summed E-state index contributed by atoms with van der Waals surface area (Å²) in [5.41, 5.74) is 2.45. The van der Waals surface area contributed by atoms with Crippen molar-refractivity contribution < 1.29 is 13.9 Å². The molecule has 1 saturated heterocycles. The SMILES string of the molecule is Cc1ccc(CC(=O)N[C@H]2COC[C@H]2Cc2ccncc2)cc1F. The summed E-state index contributed by atoms with van der Waals surface area (Å²) in [6.45, 7) is 2.86. The fraction of sp³-hybridized carbons (Fsp3) is 0.368. The average Bonchev–Trinajstić information content (AvgIpc) is 2.99. The van der Waals surface area contributed by atoms with E-state index < -0.39 is 0 Å². The van der Waals surface area contributed by atoms with Crippen molar-refractivity contribution in [3.8, 4) is 0 Å². The van der Waals surface area contributed by atoms with Gasteiger partial charge in [0.2, 0.25) is 5.91 Å². The van der Waals surface area contributed by atoms with Crippen LogP contribution in [0.1, 0.15) is 16.7 Å². The maximum atomic E-state index is 13.6. The molecule has 5 heteroatoms. The Morgan fingerprint density at radius 2 is 2.04 bits per heavy atom. The number of carbonyl (C=O) groups excluding carboxylic acids is 1. The van der Waals surface area contributed by atoms with E-state index in [0.717, 1.165) is 6.42 Å². The van der Waals surface area contributed by atoms with Gasteiger partial charge in [-0.3, -0.25) is 9.78 Å². The fourth-order valence-corrected chi connectivity index (χ4v) is 2.97. The monoisotopic (exact) mass is 328 g/mol. The fourth-order valence-electron chi connectivity index (χ4n) is 2.97. The van der Waals surface area contributed by atoms with Crippen LogP contribution in [0.5, 0.6) is 0 Å². The molecule has 1 amide bonds. The van der Waals surface area contributed by atoms with E-state index >= 15 is 0 Å². The molecule has 4 nitrogen and oxygen atoms in total. The number of ether oxygens (including phenoxy) is 1. The second-order valence-electron chi connectivity index (χ2n) is 6.29. The number of halogens is 1. The van der Waals surface area contributed by atoms with Crippen molar-refractivity contribution in [1.29, 1.82) is 0 Å². The van der Waals surface area contributed by atoms with Gasteiger partial charge in [0.1, 0.15) is 5.82 Å². The minimum Gasteiger partial charge on any atom is -0.379 e. The van der Waals surface area contributed by atoms with E-state index in [1.807, 2.05) is 12.1 Å². The molecular weight excluding hydrogens is 307 g/mol. The molecule has 1 aromatic heterocycles. The topological polar surface area (TPSA) is 51.2 Å². The Morgan fingerprint density at radius 3 is 2.79 bits per heavy atom. The van der Waals surface area contributed by atoms with E-state index in [0.29, 0.717) is 24.3 Å². The third-order valence-electron chi connectivity index (χ3n) is 4.39. The molecule has 2 heterocycles. The van der Waals surface area contributed by atoms with Crippen molar-refractivity contribution in [2.45, 2.75) is 25.8 Å². The van der Waals surface area contributed by atoms with Crippen LogP contribution in [0.15, 0.2) is 42.7 Å². The molecule has 1 fully saturated rings. The number of nitrogens with zero attached hydrogens (tertiary/aromatic N) is 1. The lowest BCUT2D eigenvalue weighted by molar-refractivity contribution is -0.121. The Hall–Kier alpha value is -2.27. The van der Waals surface area contributed by atoms with Gasteiger partial charge in [-0.15, -0.1) is 0 Å². The van der Waals surface area contributed by atoms with Gasteiger partial charge in [0.05, 0.1) is 25.7 Å². The maximum Gasteiger partial charge on any atom is 0.224 e. The third kappa shape index (κ3) is 4.17. The summed E-state index contributed by atoms with van der Waals surface area (Å²) in [7, 11) is 0. The second kappa shape index (κ2) is 7.53. The number of hydrogen-bond donors (Lipinski definition) is 1. The van der Waals surface area contributed by atoms with E-state index in [1.165, 1.54) is 11.6 Å². The largest absolute Gasteiger partial charge is 0.379 e. The number of benzene rings is 1. The zero-order valence-electron chi connectivity index (χ0n) is 13.7. The molecule has 1 N–H and O–H groups in total. The van der Waals surface area contributed by atoms with Gasteiger partial charge in [-0.25, -0.2) is 4.39 Å². The van der Waals surface area contributed by atoms with E-state index in [9.17, 15) is 9.18 Å². The highest BCUT2D eigenvalue weighted by Gasteiger charge is 2.29. The molecule has 3 rings (SSSR count). The van der Waals surface area contributed by atoms with Crippen LogP contribution in [0.2, 0.25) is 0 Å². The van der Waals surface area contributed by atoms with Crippen molar-refractivity contribution in [3.05, 3.63) is 65.2 Å². The molecule has 0 bridgehead atoms. The van der Waals surface area contributed by atoms with Crippen LogP contribution in [-0.2, 0) is 22.4 Å². The summed E-state index contributed by atoms with van der Waals surface area (Å²) in [6, 6.07) is 8.86. The second-order valence-corrected chi connectivity index (χ2v) is 6.29. The number of aryl methyl sites for hydroxylation is 1. The Bertz CT molecular complexity index is 706. The van der Waals surface area contributed by atoms with Gasteiger partial charge in [-0.05, 0) is 48.2 Å². The van der Waals surface area contributed by atoms with Crippen molar-refractivity contribution in [2.75, 3.05) is 13.2 Å². The van der Waals surface area contributed by atoms with Crippen LogP contribution >= 0.6 is 0 Å². The first-order chi connectivity index (χ1) is 11.6. The van der Waals surface area contributed by atoms with Crippen molar-refractivity contribution in [2.24, 2.45) is 5.92 Å². The third-order valence-corrected chi connectivity index (χ3v) is 4.39. The van der Waals surface area contributed by atoms with Gasteiger partial charge < -0.3 is 10.1 Å². The van der Waals surface area contributed by atoms with Gasteiger partial charge in [0.15, 0.2) is 0 Å². The first-order valence-corrected chi connectivity index (χ1v) is 8.13. The highest BCUT2D eigenvalue weighted by Crippen LogP contribution is 2.19. The summed E-state index contributed by atoms with van der Waals surface area (Å²) >= 11 is 0. The standard InChI is InChI=1S/C19H21FN2O2/c1-13-2-3-15(9-17(13)20)10-19(23)22-18-12-24-11-16(18)8-14-4-6-21-7-5-14/h2-7,9,16,18H,8,10-12H2,1H3,(H,22,23)/t16-,18+/m1/s1. The van der Waals surface area contributed by atoms with Gasteiger partial charge >= 0.3 is 0 Å². The van der Waals surface area contributed by atoms with Crippen LogP contribution in [0, 0.1) is 18.7 Å². The number of aromatic nitrogens is 1. The number of amides is 1. The van der Waals surface area contributed by atoms with Crippen molar-refractivity contribution >= 4 is 5.91 Å². The molecule has 2 atom stereocenters. The Kier molecular flexibility index (Phi) is 5.20. The molecule has 0 radical (unpaired) electrons. The molecule has 1 aliphatic rings. The number of carbonyl (C=O) groups is 1. The Balaban J connectivity index is 1.57. The predicted molar refractivity (Wildman–Crippen MR) is 89.0 cm³/mol. The van der Waals surface area contributed by atoms with Crippen molar-refractivity contribution in [3.63, 3.8) is 0 Å². The zero-order chi connectivity index (χ0) is 16.9. The van der Waals surface area contributed by atoms with E-state index in [1.54, 1.807) is 31.5 Å². The first kappa shape index (κ1) is 16.6. The highest BCUT2D eigenvalue weighted by atomic mass is 19.1. The minimum atomic E-state index is -0.278. The molecule has 0 spiro atoms. The minimum absolute atomic E-state index is 0.0130. The highest BCUT2D eigenvalue weighted by molar-refractivity contribution is 5.79. The molecule has 1 aliphatic heterocycles. The summed E-state index contributed by atoms with van der Waals surface area (Å²) in [5, 5.41) is 3.03. The lowest BCUT2D eigenvalue weighted by Gasteiger charge is -2.19. The molecule has 2 aromatic rings. The summed E-state index contributed by atoms with van der Waals surface area (Å²) < 4.78 is 19.1. The van der Waals surface area contributed by atoms with Gasteiger partial charge in [-0.2, -0.15) is 0 Å². The number of nitrogens with one attached hydrogen (secondary N) is 1. The van der Waals surface area contributed by atoms with Crippen LogP contribution in [-0.4, -0.2) is 30.1 Å². The molecule has 0 unspecified atom stereocenters. The normalized spacial score (nSPS) is 20.1.